The van der Waals surface area contributed by atoms with Crippen LogP contribution in [0.3, 0.4) is 0 Å². The molecule has 0 aliphatic carbocycles. The van der Waals surface area contributed by atoms with E-state index in [1.165, 1.54) is 18.5 Å². The summed E-state index contributed by atoms with van der Waals surface area (Å²) in [6.07, 6.45) is 6.05. The molecule has 1 aliphatic heterocycles. The third-order valence-electron chi connectivity index (χ3n) is 4.15. The quantitative estimate of drug-likeness (QED) is 0.936. The number of hydrogen-bond acceptors (Lipinski definition) is 4. The number of aromatic amines is 1. The third kappa shape index (κ3) is 3.42. The van der Waals surface area contributed by atoms with Crippen LogP contribution >= 0.6 is 0 Å². The fourth-order valence-corrected chi connectivity index (χ4v) is 2.90. The zero-order valence-corrected chi connectivity index (χ0v) is 12.8. The van der Waals surface area contributed by atoms with Crippen molar-refractivity contribution in [1.82, 2.24) is 19.9 Å². The Bertz CT molecular complexity index is 556. The molecule has 21 heavy (non-hydrogen) atoms. The number of hydrogen-bond donors (Lipinski definition) is 1. The average molecular weight is 285 g/mol. The van der Waals surface area contributed by atoms with Crippen molar-refractivity contribution >= 4 is 5.82 Å². The highest BCUT2D eigenvalue weighted by molar-refractivity contribution is 5.37. The molecule has 1 fully saturated rings. The number of H-pyrrole nitrogens is 1. The molecule has 2 aromatic heterocycles. The summed E-state index contributed by atoms with van der Waals surface area (Å²) >= 11 is 0. The van der Waals surface area contributed by atoms with E-state index in [1.807, 2.05) is 26.5 Å². The molecule has 0 unspecified atom stereocenters. The van der Waals surface area contributed by atoms with Crippen molar-refractivity contribution in [2.24, 2.45) is 0 Å². The van der Waals surface area contributed by atoms with Crippen LogP contribution in [0.25, 0.3) is 0 Å². The first kappa shape index (κ1) is 14.1. The molecule has 5 nitrogen and oxygen atoms in total. The van der Waals surface area contributed by atoms with Gasteiger partial charge < -0.3 is 9.88 Å². The SMILES string of the molecule is CN(C)c1cccc(C2CCN(Cc3ncc[nH]3)CC2)n1. The maximum absolute atomic E-state index is 4.79. The second kappa shape index (κ2) is 6.26. The van der Waals surface area contributed by atoms with E-state index >= 15 is 0 Å². The van der Waals surface area contributed by atoms with E-state index in [2.05, 4.69) is 38.0 Å². The molecule has 112 valence electrons. The molecular weight excluding hydrogens is 262 g/mol. The molecule has 1 N–H and O–H groups in total. The van der Waals surface area contributed by atoms with Gasteiger partial charge in [0.15, 0.2) is 0 Å². The maximum atomic E-state index is 4.79. The zero-order valence-electron chi connectivity index (χ0n) is 12.8. The minimum atomic E-state index is 0.581. The third-order valence-corrected chi connectivity index (χ3v) is 4.15. The average Bonchev–Trinajstić information content (AvgIpc) is 3.01. The first-order valence-corrected chi connectivity index (χ1v) is 7.57. The van der Waals surface area contributed by atoms with E-state index in [0.29, 0.717) is 5.92 Å². The van der Waals surface area contributed by atoms with E-state index in [-0.39, 0.29) is 0 Å². The van der Waals surface area contributed by atoms with Gasteiger partial charge in [-0.15, -0.1) is 0 Å². The summed E-state index contributed by atoms with van der Waals surface area (Å²) in [7, 11) is 4.08. The molecule has 3 rings (SSSR count). The molecule has 0 saturated carbocycles. The maximum Gasteiger partial charge on any atom is 0.128 e. The van der Waals surface area contributed by atoms with Crippen LogP contribution in [0.2, 0.25) is 0 Å². The lowest BCUT2D eigenvalue weighted by atomic mass is 9.93. The highest BCUT2D eigenvalue weighted by Gasteiger charge is 2.22. The Morgan fingerprint density at radius 3 is 2.76 bits per heavy atom. The smallest absolute Gasteiger partial charge is 0.128 e. The normalized spacial score (nSPS) is 17.0. The molecule has 1 aliphatic rings. The number of likely N-dealkylation sites (tertiary alicyclic amines) is 1. The van der Waals surface area contributed by atoms with Crippen molar-refractivity contribution < 1.29 is 0 Å². The Hall–Kier alpha value is -1.88. The van der Waals surface area contributed by atoms with Gasteiger partial charge in [-0.1, -0.05) is 6.07 Å². The highest BCUT2D eigenvalue weighted by Crippen LogP contribution is 2.28. The second-order valence-corrected chi connectivity index (χ2v) is 5.90. The van der Waals surface area contributed by atoms with Gasteiger partial charge in [0.25, 0.3) is 0 Å². The van der Waals surface area contributed by atoms with Gasteiger partial charge in [0, 0.05) is 38.1 Å². The molecule has 0 aromatic carbocycles. The van der Waals surface area contributed by atoms with Crippen molar-refractivity contribution in [3.8, 4) is 0 Å². The monoisotopic (exact) mass is 285 g/mol. The lowest BCUT2D eigenvalue weighted by Gasteiger charge is -2.31. The molecule has 1 saturated heterocycles. The van der Waals surface area contributed by atoms with Gasteiger partial charge in [-0.25, -0.2) is 9.97 Å². The first-order chi connectivity index (χ1) is 10.2. The minimum Gasteiger partial charge on any atom is -0.363 e. The Labute approximate surface area is 126 Å². The van der Waals surface area contributed by atoms with E-state index in [4.69, 9.17) is 4.98 Å². The van der Waals surface area contributed by atoms with Gasteiger partial charge in [0.2, 0.25) is 0 Å². The summed E-state index contributed by atoms with van der Waals surface area (Å²) < 4.78 is 0. The van der Waals surface area contributed by atoms with E-state index in [1.54, 1.807) is 0 Å². The fourth-order valence-electron chi connectivity index (χ4n) is 2.90. The van der Waals surface area contributed by atoms with Crippen LogP contribution in [0.5, 0.6) is 0 Å². The standard InChI is InChI=1S/C16H23N5/c1-20(2)16-5-3-4-14(19-16)13-6-10-21(11-7-13)12-15-17-8-9-18-15/h3-5,8-9,13H,6-7,10-12H2,1-2H3,(H,17,18). The molecule has 3 heterocycles. The number of rotatable bonds is 4. The van der Waals surface area contributed by atoms with Gasteiger partial charge in [0.1, 0.15) is 11.6 Å². The zero-order chi connectivity index (χ0) is 14.7. The van der Waals surface area contributed by atoms with Crippen LogP contribution in [0.4, 0.5) is 5.82 Å². The lowest BCUT2D eigenvalue weighted by Crippen LogP contribution is -2.33. The molecular formula is C16H23N5. The van der Waals surface area contributed by atoms with Crippen molar-refractivity contribution in [3.63, 3.8) is 0 Å². The lowest BCUT2D eigenvalue weighted by molar-refractivity contribution is 0.199. The summed E-state index contributed by atoms with van der Waals surface area (Å²) in [4.78, 5) is 16.8. The molecule has 0 spiro atoms. The minimum absolute atomic E-state index is 0.581. The van der Waals surface area contributed by atoms with E-state index in [9.17, 15) is 0 Å². The number of piperidine rings is 1. The van der Waals surface area contributed by atoms with E-state index in [0.717, 1.165) is 31.3 Å². The van der Waals surface area contributed by atoms with Crippen LogP contribution in [0.15, 0.2) is 30.6 Å². The predicted octanol–water partition coefficient (Wildman–Crippen LogP) is 2.25. The highest BCUT2D eigenvalue weighted by atomic mass is 15.2. The molecule has 0 atom stereocenters. The topological polar surface area (TPSA) is 48.0 Å². The molecule has 0 amide bonds. The number of nitrogens with one attached hydrogen (secondary N) is 1. The van der Waals surface area contributed by atoms with Crippen molar-refractivity contribution in [1.29, 1.82) is 0 Å². The summed E-state index contributed by atoms with van der Waals surface area (Å²) in [6, 6.07) is 6.35. The first-order valence-electron chi connectivity index (χ1n) is 7.57. The summed E-state index contributed by atoms with van der Waals surface area (Å²) in [5, 5.41) is 0. The van der Waals surface area contributed by atoms with Gasteiger partial charge in [-0.3, -0.25) is 4.90 Å². The van der Waals surface area contributed by atoms with Gasteiger partial charge in [-0.2, -0.15) is 0 Å². The Kier molecular flexibility index (Phi) is 4.20. The van der Waals surface area contributed by atoms with Crippen LogP contribution in [-0.4, -0.2) is 47.0 Å². The summed E-state index contributed by atoms with van der Waals surface area (Å²) in [5.41, 5.74) is 1.24. The number of anilines is 1. The van der Waals surface area contributed by atoms with Crippen LogP contribution in [0.1, 0.15) is 30.3 Å². The predicted molar refractivity (Wildman–Crippen MR) is 84.4 cm³/mol. The number of imidazole rings is 1. The number of aromatic nitrogens is 3. The second-order valence-electron chi connectivity index (χ2n) is 5.90. The van der Waals surface area contributed by atoms with Gasteiger partial charge >= 0.3 is 0 Å². The van der Waals surface area contributed by atoms with E-state index < -0.39 is 0 Å². The summed E-state index contributed by atoms with van der Waals surface area (Å²) in [5.74, 6) is 2.68. The largest absolute Gasteiger partial charge is 0.363 e. The van der Waals surface area contributed by atoms with Crippen molar-refractivity contribution in [2.75, 3.05) is 32.1 Å². The van der Waals surface area contributed by atoms with Crippen molar-refractivity contribution in [3.05, 3.63) is 42.1 Å². The van der Waals surface area contributed by atoms with Crippen molar-refractivity contribution in [2.45, 2.75) is 25.3 Å². The molecule has 5 heteroatoms. The Morgan fingerprint density at radius 1 is 1.29 bits per heavy atom. The Morgan fingerprint density at radius 2 is 2.10 bits per heavy atom. The molecule has 2 aromatic rings. The van der Waals surface area contributed by atoms with Crippen LogP contribution in [-0.2, 0) is 6.54 Å². The number of nitrogens with zero attached hydrogens (tertiary/aromatic N) is 4. The van der Waals surface area contributed by atoms with Crippen LogP contribution in [0, 0.1) is 0 Å². The molecule has 0 bridgehead atoms. The Balaban J connectivity index is 1.59. The van der Waals surface area contributed by atoms with Gasteiger partial charge in [-0.05, 0) is 38.1 Å². The number of pyridine rings is 1. The summed E-state index contributed by atoms with van der Waals surface area (Å²) in [6.45, 7) is 3.14. The van der Waals surface area contributed by atoms with Gasteiger partial charge in [0.05, 0.1) is 6.54 Å². The molecule has 0 radical (unpaired) electrons. The fraction of sp³-hybridized carbons (Fsp3) is 0.500. The van der Waals surface area contributed by atoms with Crippen LogP contribution < -0.4 is 4.90 Å².